The Labute approximate surface area is 107 Å². The number of carbonyl (C=O) groups excluding carboxylic acids is 1. The molecule has 0 spiro atoms. The lowest BCUT2D eigenvalue weighted by atomic mass is 10.0. The van der Waals surface area contributed by atoms with Crippen molar-refractivity contribution in [3.05, 3.63) is 0 Å². The number of rotatable bonds is 5. The Bertz CT molecular complexity index is 294. The van der Waals surface area contributed by atoms with Gasteiger partial charge in [-0.15, -0.1) is 0 Å². The van der Waals surface area contributed by atoms with Crippen molar-refractivity contribution in [1.82, 2.24) is 10.6 Å². The lowest BCUT2D eigenvalue weighted by Gasteiger charge is -2.23. The third-order valence-corrected chi connectivity index (χ3v) is 5.53. The standard InChI is InChI=1S/C13H22N2OS/c16-12(7-11-8-17-6-5-14-11)15-9-13(3-4-13)10-1-2-10/h10-11,14H,1-9H2,(H,15,16). The molecule has 0 aromatic carbocycles. The summed E-state index contributed by atoms with van der Waals surface area (Å²) in [6.45, 7) is 1.99. The molecule has 1 amide bonds. The summed E-state index contributed by atoms with van der Waals surface area (Å²) in [4.78, 5) is 11.9. The van der Waals surface area contributed by atoms with Crippen molar-refractivity contribution in [1.29, 1.82) is 0 Å². The van der Waals surface area contributed by atoms with Crippen molar-refractivity contribution >= 4 is 17.7 Å². The molecule has 1 aliphatic heterocycles. The number of hydrogen-bond donors (Lipinski definition) is 2. The van der Waals surface area contributed by atoms with Gasteiger partial charge in [-0.05, 0) is 37.0 Å². The topological polar surface area (TPSA) is 41.1 Å². The van der Waals surface area contributed by atoms with Crippen molar-refractivity contribution in [3.8, 4) is 0 Å². The molecule has 0 aromatic heterocycles. The highest BCUT2D eigenvalue weighted by Gasteiger charge is 2.53. The molecule has 2 saturated carbocycles. The van der Waals surface area contributed by atoms with Crippen LogP contribution in [0, 0.1) is 11.3 Å². The Morgan fingerprint density at radius 1 is 1.41 bits per heavy atom. The van der Waals surface area contributed by atoms with Crippen LogP contribution in [0.2, 0.25) is 0 Å². The molecule has 1 heterocycles. The molecule has 0 radical (unpaired) electrons. The van der Waals surface area contributed by atoms with E-state index < -0.39 is 0 Å². The maximum absolute atomic E-state index is 11.9. The second-order valence-electron chi connectivity index (χ2n) is 5.84. The van der Waals surface area contributed by atoms with Gasteiger partial charge in [-0.25, -0.2) is 0 Å². The van der Waals surface area contributed by atoms with Crippen molar-refractivity contribution < 1.29 is 4.79 Å². The van der Waals surface area contributed by atoms with Crippen LogP contribution in [0.15, 0.2) is 0 Å². The van der Waals surface area contributed by atoms with Gasteiger partial charge in [0, 0.05) is 37.1 Å². The molecule has 3 rings (SSSR count). The van der Waals surface area contributed by atoms with Gasteiger partial charge in [0.15, 0.2) is 0 Å². The minimum absolute atomic E-state index is 0.247. The minimum Gasteiger partial charge on any atom is -0.355 e. The smallest absolute Gasteiger partial charge is 0.221 e. The predicted molar refractivity (Wildman–Crippen MR) is 71.1 cm³/mol. The molecular weight excluding hydrogens is 232 g/mol. The largest absolute Gasteiger partial charge is 0.355 e. The van der Waals surface area contributed by atoms with Crippen molar-refractivity contribution in [3.63, 3.8) is 0 Å². The fourth-order valence-electron chi connectivity index (χ4n) is 2.91. The molecule has 3 nitrogen and oxygen atoms in total. The van der Waals surface area contributed by atoms with Gasteiger partial charge in [-0.2, -0.15) is 11.8 Å². The first-order valence-electron chi connectivity index (χ1n) is 6.86. The fraction of sp³-hybridized carbons (Fsp3) is 0.923. The molecular formula is C13H22N2OS. The SMILES string of the molecule is O=C(CC1CSCCN1)NCC1(C2CC2)CC1. The lowest BCUT2D eigenvalue weighted by Crippen LogP contribution is -2.42. The molecule has 1 unspecified atom stereocenters. The highest BCUT2D eigenvalue weighted by molar-refractivity contribution is 7.99. The summed E-state index contributed by atoms with van der Waals surface area (Å²) in [7, 11) is 0. The van der Waals surface area contributed by atoms with E-state index in [0.717, 1.165) is 24.8 Å². The Balaban J connectivity index is 1.38. The summed E-state index contributed by atoms with van der Waals surface area (Å²) in [5.41, 5.74) is 0.532. The Kier molecular flexibility index (Phi) is 3.35. The van der Waals surface area contributed by atoms with E-state index in [2.05, 4.69) is 10.6 Å². The summed E-state index contributed by atoms with van der Waals surface area (Å²) >= 11 is 1.95. The highest BCUT2D eigenvalue weighted by Crippen LogP contribution is 2.60. The number of nitrogens with one attached hydrogen (secondary N) is 2. The number of hydrogen-bond acceptors (Lipinski definition) is 3. The van der Waals surface area contributed by atoms with Crippen molar-refractivity contribution in [2.24, 2.45) is 11.3 Å². The molecule has 96 valence electrons. The summed E-state index contributed by atoms with van der Waals surface area (Å²) in [6.07, 6.45) is 6.14. The monoisotopic (exact) mass is 254 g/mol. The van der Waals surface area contributed by atoms with Crippen LogP contribution in [-0.2, 0) is 4.79 Å². The van der Waals surface area contributed by atoms with Gasteiger partial charge in [0.25, 0.3) is 0 Å². The lowest BCUT2D eigenvalue weighted by molar-refractivity contribution is -0.121. The van der Waals surface area contributed by atoms with Gasteiger partial charge >= 0.3 is 0 Å². The highest BCUT2D eigenvalue weighted by atomic mass is 32.2. The number of carbonyl (C=O) groups is 1. The Morgan fingerprint density at radius 3 is 2.82 bits per heavy atom. The van der Waals surface area contributed by atoms with Gasteiger partial charge in [0.05, 0.1) is 0 Å². The third kappa shape index (κ3) is 2.97. The second kappa shape index (κ2) is 4.81. The van der Waals surface area contributed by atoms with E-state index in [4.69, 9.17) is 0 Å². The van der Waals surface area contributed by atoms with Crippen molar-refractivity contribution in [2.45, 2.75) is 38.1 Å². The normalized spacial score (nSPS) is 30.9. The van der Waals surface area contributed by atoms with Gasteiger partial charge in [-0.1, -0.05) is 0 Å². The minimum atomic E-state index is 0.247. The number of amides is 1. The molecule has 1 atom stereocenters. The quantitative estimate of drug-likeness (QED) is 0.779. The molecule has 0 bridgehead atoms. The second-order valence-corrected chi connectivity index (χ2v) is 6.99. The van der Waals surface area contributed by atoms with E-state index in [1.807, 2.05) is 11.8 Å². The summed E-state index contributed by atoms with van der Waals surface area (Å²) in [5, 5.41) is 6.58. The maximum Gasteiger partial charge on any atom is 0.221 e. The molecule has 4 heteroatoms. The summed E-state index contributed by atoms with van der Waals surface area (Å²) in [6, 6.07) is 0.393. The van der Waals surface area contributed by atoms with E-state index in [0.29, 0.717) is 17.9 Å². The average molecular weight is 254 g/mol. The van der Waals surface area contributed by atoms with Crippen LogP contribution >= 0.6 is 11.8 Å². The number of thioether (sulfide) groups is 1. The van der Waals surface area contributed by atoms with Crippen LogP contribution in [0.4, 0.5) is 0 Å². The third-order valence-electron chi connectivity index (χ3n) is 4.40. The molecule has 2 aliphatic carbocycles. The van der Waals surface area contributed by atoms with Crippen LogP contribution in [0.1, 0.15) is 32.1 Å². The molecule has 3 aliphatic rings. The predicted octanol–water partition coefficient (Wildman–Crippen LogP) is 1.39. The Hall–Kier alpha value is -0.220. The maximum atomic E-state index is 11.9. The van der Waals surface area contributed by atoms with Crippen LogP contribution in [-0.4, -0.2) is 36.5 Å². The van der Waals surface area contributed by atoms with Crippen LogP contribution in [0.3, 0.4) is 0 Å². The zero-order chi connectivity index (χ0) is 11.7. The molecule has 2 N–H and O–H groups in total. The zero-order valence-corrected chi connectivity index (χ0v) is 11.2. The van der Waals surface area contributed by atoms with E-state index in [-0.39, 0.29) is 5.91 Å². The van der Waals surface area contributed by atoms with E-state index in [9.17, 15) is 4.79 Å². The average Bonchev–Trinajstić information content (AvgIpc) is 3.20. The zero-order valence-electron chi connectivity index (χ0n) is 10.3. The summed E-state index contributed by atoms with van der Waals surface area (Å²) < 4.78 is 0. The van der Waals surface area contributed by atoms with Gasteiger partial charge in [0.1, 0.15) is 0 Å². The van der Waals surface area contributed by atoms with Crippen LogP contribution in [0.5, 0.6) is 0 Å². The van der Waals surface area contributed by atoms with Crippen LogP contribution in [0.25, 0.3) is 0 Å². The van der Waals surface area contributed by atoms with Crippen molar-refractivity contribution in [2.75, 3.05) is 24.6 Å². The first kappa shape index (κ1) is 11.8. The fourth-order valence-corrected chi connectivity index (χ4v) is 3.86. The molecule has 1 saturated heterocycles. The first-order valence-corrected chi connectivity index (χ1v) is 8.02. The van der Waals surface area contributed by atoms with Gasteiger partial charge < -0.3 is 10.6 Å². The van der Waals surface area contributed by atoms with E-state index in [1.54, 1.807) is 0 Å². The Morgan fingerprint density at radius 2 is 2.24 bits per heavy atom. The molecule has 17 heavy (non-hydrogen) atoms. The molecule has 0 aromatic rings. The van der Waals surface area contributed by atoms with E-state index >= 15 is 0 Å². The van der Waals surface area contributed by atoms with Gasteiger partial charge in [-0.3, -0.25) is 4.79 Å². The molecule has 3 fully saturated rings. The first-order chi connectivity index (χ1) is 8.28. The van der Waals surface area contributed by atoms with E-state index in [1.165, 1.54) is 31.4 Å². The van der Waals surface area contributed by atoms with Crippen LogP contribution < -0.4 is 10.6 Å². The van der Waals surface area contributed by atoms with Gasteiger partial charge in [0.2, 0.25) is 5.91 Å². The summed E-state index contributed by atoms with van der Waals surface area (Å²) in [5.74, 6) is 3.45.